The third-order valence-corrected chi connectivity index (χ3v) is 11.1. The van der Waals surface area contributed by atoms with Gasteiger partial charge in [-0.25, -0.2) is 0 Å². The Morgan fingerprint density at radius 2 is 0.769 bits per heavy atom. The molecule has 0 fully saturated rings. The van der Waals surface area contributed by atoms with Crippen LogP contribution in [0, 0.1) is 13.8 Å². The first kappa shape index (κ1) is 32.1. The van der Waals surface area contributed by atoms with Gasteiger partial charge in [-0.3, -0.25) is 0 Å². The molecule has 0 spiro atoms. The molecule has 2 aliphatic carbocycles. The second kappa shape index (κ2) is 13.7. The van der Waals surface area contributed by atoms with Crippen LogP contribution in [-0.4, -0.2) is 0 Å². The summed E-state index contributed by atoms with van der Waals surface area (Å²) in [6.45, 7) is 4.30. The summed E-state index contributed by atoms with van der Waals surface area (Å²) in [7, 11) is 0. The predicted molar refractivity (Wildman–Crippen MR) is 220 cm³/mol. The summed E-state index contributed by atoms with van der Waals surface area (Å²) in [5.74, 6) is 0. The molecule has 0 aromatic heterocycles. The first-order chi connectivity index (χ1) is 25.6. The van der Waals surface area contributed by atoms with E-state index < -0.39 is 0 Å². The Bertz CT molecular complexity index is 2330. The smallest absolute Gasteiger partial charge is 0.0496 e. The minimum atomic E-state index is 1.14. The van der Waals surface area contributed by atoms with Crippen molar-refractivity contribution in [3.8, 4) is 22.3 Å². The first-order valence-electron chi connectivity index (χ1n) is 18.8. The number of aryl methyl sites for hydroxylation is 5. The zero-order valence-electron chi connectivity index (χ0n) is 30.1. The Morgan fingerprint density at radius 1 is 0.346 bits per heavy atom. The summed E-state index contributed by atoms with van der Waals surface area (Å²) in [6, 6.07) is 58.7. The number of hydrogen-bond donors (Lipinski definition) is 0. The third kappa shape index (κ3) is 6.20. The van der Waals surface area contributed by atoms with E-state index in [4.69, 9.17) is 0 Å². The van der Waals surface area contributed by atoms with Gasteiger partial charge in [0.05, 0.1) is 0 Å². The molecule has 2 nitrogen and oxygen atoms in total. The average molecular weight is 673 g/mol. The lowest BCUT2D eigenvalue weighted by atomic mass is 9.99. The topological polar surface area (TPSA) is 6.48 Å². The van der Waals surface area contributed by atoms with Gasteiger partial charge in [-0.05, 0) is 164 Å². The predicted octanol–water partition coefficient (Wildman–Crippen LogP) is 13.6. The van der Waals surface area contributed by atoms with Crippen molar-refractivity contribution in [1.29, 1.82) is 0 Å². The second-order valence-corrected chi connectivity index (χ2v) is 14.6. The zero-order valence-corrected chi connectivity index (χ0v) is 30.1. The van der Waals surface area contributed by atoms with Crippen molar-refractivity contribution in [1.82, 2.24) is 0 Å². The second-order valence-electron chi connectivity index (χ2n) is 14.6. The van der Waals surface area contributed by atoms with E-state index in [0.29, 0.717) is 0 Å². The number of nitrogens with zero attached hydrogens (tertiary/aromatic N) is 2. The van der Waals surface area contributed by atoms with Crippen molar-refractivity contribution in [3.63, 3.8) is 0 Å². The van der Waals surface area contributed by atoms with Crippen LogP contribution in [0.1, 0.15) is 46.2 Å². The fraction of sp³-hybridized carbons (Fsp3) is 0.160. The van der Waals surface area contributed by atoms with Crippen molar-refractivity contribution in [2.24, 2.45) is 0 Å². The van der Waals surface area contributed by atoms with Crippen LogP contribution in [0.3, 0.4) is 0 Å². The highest BCUT2D eigenvalue weighted by molar-refractivity contribution is 5.82. The van der Waals surface area contributed by atoms with Gasteiger partial charge in [0.25, 0.3) is 0 Å². The summed E-state index contributed by atoms with van der Waals surface area (Å²) >= 11 is 0. The SMILES string of the molecule is Cc1ccc(N(c2ccc(-c3ccc(-c4ccc(N(c5ccc(C)cc5)c5cccc6c5CCC6)cc4)cc3)cc2)c2ccc3c(c2)CCC3)cc1. The molecule has 254 valence electrons. The highest BCUT2D eigenvalue weighted by Gasteiger charge is 2.21. The Morgan fingerprint density at radius 3 is 1.33 bits per heavy atom. The van der Waals surface area contributed by atoms with Crippen molar-refractivity contribution in [2.75, 3.05) is 9.80 Å². The molecule has 0 N–H and O–H groups in total. The Hall–Kier alpha value is -5.86. The minimum Gasteiger partial charge on any atom is -0.310 e. The van der Waals surface area contributed by atoms with Crippen LogP contribution in [0.15, 0.2) is 158 Å². The van der Waals surface area contributed by atoms with E-state index in [-0.39, 0.29) is 0 Å². The van der Waals surface area contributed by atoms with Crippen molar-refractivity contribution in [3.05, 3.63) is 191 Å². The highest BCUT2D eigenvalue weighted by atomic mass is 15.1. The molecule has 0 unspecified atom stereocenters. The van der Waals surface area contributed by atoms with Crippen LogP contribution >= 0.6 is 0 Å². The molecule has 0 heterocycles. The summed E-state index contributed by atoms with van der Waals surface area (Å²) in [6.07, 6.45) is 7.16. The highest BCUT2D eigenvalue weighted by Crippen LogP contribution is 2.42. The molecule has 2 heteroatoms. The monoisotopic (exact) mass is 672 g/mol. The van der Waals surface area contributed by atoms with E-state index in [1.807, 2.05) is 0 Å². The number of benzene rings is 7. The van der Waals surface area contributed by atoms with Gasteiger partial charge in [-0.1, -0.05) is 102 Å². The maximum Gasteiger partial charge on any atom is 0.0496 e. The van der Waals surface area contributed by atoms with E-state index in [2.05, 4.69) is 181 Å². The molecule has 7 aromatic carbocycles. The molecular weight excluding hydrogens is 629 g/mol. The standard InChI is InChI=1S/C50H44N2/c1-35-12-25-44(26-13-35)51(48-33-24-37-6-3-9-43(37)34-48)45-29-20-40(21-30-45)38-16-18-39(19-17-38)41-22-31-47(32-23-41)52(46-27-14-36(2)15-28-46)50-11-5-8-42-7-4-10-49(42)50/h5,8,11-34H,3-4,6-7,9-10H2,1-2H3. The van der Waals surface area contributed by atoms with Crippen LogP contribution in [0.2, 0.25) is 0 Å². The molecule has 7 aromatic rings. The number of anilines is 6. The fourth-order valence-corrected chi connectivity index (χ4v) is 8.23. The minimum absolute atomic E-state index is 1.14. The third-order valence-electron chi connectivity index (χ3n) is 11.1. The molecular formula is C50H44N2. The lowest BCUT2D eigenvalue weighted by Gasteiger charge is -2.28. The Kier molecular flexibility index (Phi) is 8.45. The molecule has 0 saturated heterocycles. The summed E-state index contributed by atoms with van der Waals surface area (Å²) in [5.41, 5.74) is 20.6. The van der Waals surface area contributed by atoms with Gasteiger partial charge in [0.1, 0.15) is 0 Å². The van der Waals surface area contributed by atoms with Crippen molar-refractivity contribution < 1.29 is 0 Å². The molecule has 52 heavy (non-hydrogen) atoms. The summed E-state index contributed by atoms with van der Waals surface area (Å²) in [4.78, 5) is 4.82. The van der Waals surface area contributed by atoms with Crippen LogP contribution in [0.25, 0.3) is 22.3 Å². The van der Waals surface area contributed by atoms with Gasteiger partial charge < -0.3 is 9.80 Å². The van der Waals surface area contributed by atoms with Gasteiger partial charge in [0, 0.05) is 34.1 Å². The van der Waals surface area contributed by atoms with Crippen LogP contribution in [-0.2, 0) is 25.7 Å². The first-order valence-corrected chi connectivity index (χ1v) is 18.8. The average Bonchev–Trinajstić information content (AvgIpc) is 3.88. The van der Waals surface area contributed by atoms with Crippen LogP contribution < -0.4 is 9.80 Å². The van der Waals surface area contributed by atoms with E-state index >= 15 is 0 Å². The quantitative estimate of drug-likeness (QED) is 0.159. The largest absolute Gasteiger partial charge is 0.310 e. The van der Waals surface area contributed by atoms with Gasteiger partial charge in [-0.2, -0.15) is 0 Å². The molecule has 0 radical (unpaired) electrons. The van der Waals surface area contributed by atoms with E-state index in [1.165, 1.54) is 122 Å². The van der Waals surface area contributed by atoms with Crippen molar-refractivity contribution >= 4 is 34.1 Å². The van der Waals surface area contributed by atoms with E-state index in [1.54, 1.807) is 0 Å². The molecule has 0 aliphatic heterocycles. The molecule has 0 atom stereocenters. The van der Waals surface area contributed by atoms with E-state index in [0.717, 1.165) is 6.42 Å². The molecule has 9 rings (SSSR count). The lowest BCUT2D eigenvalue weighted by Crippen LogP contribution is -2.12. The van der Waals surface area contributed by atoms with Gasteiger partial charge >= 0.3 is 0 Å². The normalized spacial score (nSPS) is 13.1. The molecule has 0 bridgehead atoms. The Balaban J connectivity index is 0.979. The zero-order chi connectivity index (χ0) is 35.0. The summed E-state index contributed by atoms with van der Waals surface area (Å²) in [5, 5.41) is 0. The molecule has 0 saturated carbocycles. The maximum absolute atomic E-state index is 2.43. The number of hydrogen-bond acceptors (Lipinski definition) is 2. The van der Waals surface area contributed by atoms with E-state index in [9.17, 15) is 0 Å². The lowest BCUT2D eigenvalue weighted by molar-refractivity contribution is 0.911. The number of rotatable bonds is 8. The van der Waals surface area contributed by atoms with Gasteiger partial charge in [0.2, 0.25) is 0 Å². The maximum atomic E-state index is 2.43. The fourth-order valence-electron chi connectivity index (χ4n) is 8.23. The van der Waals surface area contributed by atoms with Gasteiger partial charge in [-0.15, -0.1) is 0 Å². The van der Waals surface area contributed by atoms with Crippen LogP contribution in [0.4, 0.5) is 34.1 Å². The summed E-state index contributed by atoms with van der Waals surface area (Å²) < 4.78 is 0. The van der Waals surface area contributed by atoms with Crippen molar-refractivity contribution in [2.45, 2.75) is 52.4 Å². The molecule has 0 amide bonds. The van der Waals surface area contributed by atoms with Gasteiger partial charge in [0.15, 0.2) is 0 Å². The molecule has 2 aliphatic rings. The number of fused-ring (bicyclic) bond motifs is 2. The van der Waals surface area contributed by atoms with Crippen LogP contribution in [0.5, 0.6) is 0 Å². The Labute approximate surface area is 308 Å².